The van der Waals surface area contributed by atoms with Crippen LogP contribution in [-0.2, 0) is 0 Å². The largest absolute Gasteiger partial charge is 0.345 e. The van der Waals surface area contributed by atoms with E-state index < -0.39 is 0 Å². The molecule has 122 valence electrons. The van der Waals surface area contributed by atoms with Gasteiger partial charge in [0.15, 0.2) is 0 Å². The number of aromatic nitrogens is 3. The van der Waals surface area contributed by atoms with E-state index in [1.54, 1.807) is 47.5 Å². The number of rotatable bonds is 4. The molecule has 0 aliphatic heterocycles. The minimum absolute atomic E-state index is 0.178. The molecule has 24 heavy (non-hydrogen) atoms. The minimum atomic E-state index is -0.317. The number of carbonyl (C=O) groups excluding carboxylic acids is 1. The van der Waals surface area contributed by atoms with Gasteiger partial charge in [-0.1, -0.05) is 6.07 Å². The molecule has 0 radical (unpaired) electrons. The molecule has 2 aromatic heterocycles. The molecule has 0 saturated heterocycles. The van der Waals surface area contributed by atoms with Gasteiger partial charge in [0.1, 0.15) is 5.82 Å². The lowest BCUT2D eigenvalue weighted by Crippen LogP contribution is -2.26. The molecule has 6 heteroatoms. The van der Waals surface area contributed by atoms with Crippen LogP contribution in [0.5, 0.6) is 0 Å². The number of benzene rings is 1. The summed E-state index contributed by atoms with van der Waals surface area (Å²) in [5.41, 5.74) is 2.92. The van der Waals surface area contributed by atoms with Crippen LogP contribution < -0.4 is 5.32 Å². The lowest BCUT2D eigenvalue weighted by atomic mass is 10.1. The standard InChI is InChI=1S/C18H17FN4O/c1-12(22-18(24)14-6-8-20-9-7-14)17-11-21-23(13(17)2)16-5-3-4-15(19)10-16/h3-12H,1-2H3,(H,22,24). The normalized spacial score (nSPS) is 12.0. The van der Waals surface area contributed by atoms with Crippen LogP contribution in [-0.4, -0.2) is 20.7 Å². The van der Waals surface area contributed by atoms with Gasteiger partial charge in [-0.25, -0.2) is 9.07 Å². The summed E-state index contributed by atoms with van der Waals surface area (Å²) in [5.74, 6) is -0.495. The van der Waals surface area contributed by atoms with Crippen LogP contribution in [0.3, 0.4) is 0 Å². The SMILES string of the molecule is Cc1c(C(C)NC(=O)c2ccncc2)cnn1-c1cccc(F)c1. The van der Waals surface area contributed by atoms with Crippen LogP contribution in [0.1, 0.15) is 34.6 Å². The molecule has 3 rings (SSSR count). The Bertz CT molecular complexity index is 860. The monoisotopic (exact) mass is 324 g/mol. The van der Waals surface area contributed by atoms with Crippen LogP contribution in [0.15, 0.2) is 55.0 Å². The van der Waals surface area contributed by atoms with Crippen molar-refractivity contribution in [2.75, 3.05) is 0 Å². The Morgan fingerprint density at radius 3 is 2.71 bits per heavy atom. The molecule has 5 nitrogen and oxygen atoms in total. The van der Waals surface area contributed by atoms with E-state index in [9.17, 15) is 9.18 Å². The maximum Gasteiger partial charge on any atom is 0.251 e. The van der Waals surface area contributed by atoms with Gasteiger partial charge in [-0.05, 0) is 44.2 Å². The van der Waals surface area contributed by atoms with Crippen molar-refractivity contribution in [2.24, 2.45) is 0 Å². The number of amides is 1. The fraction of sp³-hybridized carbons (Fsp3) is 0.167. The van der Waals surface area contributed by atoms with Gasteiger partial charge in [0.2, 0.25) is 0 Å². The first-order valence-corrected chi connectivity index (χ1v) is 7.57. The zero-order valence-electron chi connectivity index (χ0n) is 13.4. The van der Waals surface area contributed by atoms with Crippen molar-refractivity contribution in [3.8, 4) is 5.69 Å². The second-order valence-electron chi connectivity index (χ2n) is 5.51. The van der Waals surface area contributed by atoms with E-state index in [1.165, 1.54) is 12.1 Å². The average molecular weight is 324 g/mol. The van der Waals surface area contributed by atoms with E-state index in [4.69, 9.17) is 0 Å². The van der Waals surface area contributed by atoms with Crippen molar-refractivity contribution in [1.82, 2.24) is 20.1 Å². The molecule has 1 amide bonds. The van der Waals surface area contributed by atoms with Crippen molar-refractivity contribution in [2.45, 2.75) is 19.9 Å². The van der Waals surface area contributed by atoms with Gasteiger partial charge in [0.25, 0.3) is 5.91 Å². The van der Waals surface area contributed by atoms with Gasteiger partial charge in [-0.2, -0.15) is 5.10 Å². The lowest BCUT2D eigenvalue weighted by molar-refractivity contribution is 0.0939. The Balaban J connectivity index is 1.81. The summed E-state index contributed by atoms with van der Waals surface area (Å²) in [6, 6.07) is 9.32. The lowest BCUT2D eigenvalue weighted by Gasteiger charge is -2.14. The second-order valence-corrected chi connectivity index (χ2v) is 5.51. The summed E-state index contributed by atoms with van der Waals surface area (Å²) < 4.78 is 15.1. The van der Waals surface area contributed by atoms with Crippen LogP contribution in [0, 0.1) is 12.7 Å². The first-order chi connectivity index (χ1) is 11.6. The number of hydrogen-bond acceptors (Lipinski definition) is 3. The molecule has 0 spiro atoms. The van der Waals surface area contributed by atoms with E-state index in [-0.39, 0.29) is 17.8 Å². The average Bonchev–Trinajstić information content (AvgIpc) is 2.97. The topological polar surface area (TPSA) is 59.8 Å². The number of halogens is 1. The number of pyridine rings is 1. The van der Waals surface area contributed by atoms with Gasteiger partial charge < -0.3 is 5.32 Å². The van der Waals surface area contributed by atoms with E-state index >= 15 is 0 Å². The molecule has 0 fully saturated rings. The highest BCUT2D eigenvalue weighted by Crippen LogP contribution is 2.21. The summed E-state index contributed by atoms with van der Waals surface area (Å²) in [6.07, 6.45) is 4.84. The summed E-state index contributed by atoms with van der Waals surface area (Å²) in [7, 11) is 0. The molecule has 3 aromatic rings. The minimum Gasteiger partial charge on any atom is -0.345 e. The molecule has 0 aliphatic rings. The number of hydrogen-bond donors (Lipinski definition) is 1. The third-order valence-corrected chi connectivity index (χ3v) is 3.86. The zero-order chi connectivity index (χ0) is 17.1. The maximum absolute atomic E-state index is 13.4. The van der Waals surface area contributed by atoms with Crippen LogP contribution >= 0.6 is 0 Å². The van der Waals surface area contributed by atoms with Gasteiger partial charge in [-0.15, -0.1) is 0 Å². The number of nitrogens with one attached hydrogen (secondary N) is 1. The van der Waals surface area contributed by atoms with Crippen molar-refractivity contribution < 1.29 is 9.18 Å². The Hall–Kier alpha value is -3.02. The molecule has 0 aliphatic carbocycles. The van der Waals surface area contributed by atoms with Crippen LogP contribution in [0.4, 0.5) is 4.39 Å². The molecule has 1 unspecified atom stereocenters. The zero-order valence-corrected chi connectivity index (χ0v) is 13.4. The van der Waals surface area contributed by atoms with Crippen LogP contribution in [0.2, 0.25) is 0 Å². The van der Waals surface area contributed by atoms with Crippen molar-refractivity contribution in [3.63, 3.8) is 0 Å². The van der Waals surface area contributed by atoms with E-state index in [0.717, 1.165) is 11.3 Å². The third-order valence-electron chi connectivity index (χ3n) is 3.86. The number of carbonyl (C=O) groups is 1. The molecular weight excluding hydrogens is 307 g/mol. The maximum atomic E-state index is 13.4. The Kier molecular flexibility index (Phi) is 4.37. The van der Waals surface area contributed by atoms with Gasteiger partial charge in [0.05, 0.1) is 17.9 Å². The van der Waals surface area contributed by atoms with Crippen LogP contribution in [0.25, 0.3) is 5.69 Å². The summed E-state index contributed by atoms with van der Waals surface area (Å²) in [6.45, 7) is 3.78. The first-order valence-electron chi connectivity index (χ1n) is 7.57. The third kappa shape index (κ3) is 3.17. The highest BCUT2D eigenvalue weighted by atomic mass is 19.1. The van der Waals surface area contributed by atoms with Crippen molar-refractivity contribution in [1.29, 1.82) is 0 Å². The Morgan fingerprint density at radius 2 is 2.00 bits per heavy atom. The first kappa shape index (κ1) is 15.9. The molecular formula is C18H17FN4O. The van der Waals surface area contributed by atoms with Gasteiger partial charge in [0, 0.05) is 29.2 Å². The summed E-state index contributed by atoms with van der Waals surface area (Å²) in [4.78, 5) is 16.1. The quantitative estimate of drug-likeness (QED) is 0.802. The van der Waals surface area contributed by atoms with E-state index in [2.05, 4.69) is 15.4 Å². The highest BCUT2D eigenvalue weighted by Gasteiger charge is 2.17. The fourth-order valence-corrected chi connectivity index (χ4v) is 2.58. The Labute approximate surface area is 139 Å². The van der Waals surface area contributed by atoms with Gasteiger partial charge in [-0.3, -0.25) is 9.78 Å². The summed E-state index contributed by atoms with van der Waals surface area (Å²) in [5, 5.41) is 7.25. The van der Waals surface area contributed by atoms with Crippen molar-refractivity contribution >= 4 is 5.91 Å². The molecule has 1 N–H and O–H groups in total. The predicted octanol–water partition coefficient (Wildman–Crippen LogP) is 3.21. The van der Waals surface area contributed by atoms with E-state index in [0.29, 0.717) is 11.3 Å². The smallest absolute Gasteiger partial charge is 0.251 e. The number of nitrogens with zero attached hydrogens (tertiary/aromatic N) is 3. The summed E-state index contributed by atoms with van der Waals surface area (Å²) >= 11 is 0. The van der Waals surface area contributed by atoms with E-state index in [1.807, 2.05) is 13.8 Å². The molecule has 1 aromatic carbocycles. The predicted molar refractivity (Wildman–Crippen MR) is 88.4 cm³/mol. The molecule has 2 heterocycles. The Morgan fingerprint density at radius 1 is 1.25 bits per heavy atom. The second kappa shape index (κ2) is 6.62. The molecule has 0 bridgehead atoms. The molecule has 0 saturated carbocycles. The molecule has 1 atom stereocenters. The fourth-order valence-electron chi connectivity index (χ4n) is 2.58. The highest BCUT2D eigenvalue weighted by molar-refractivity contribution is 5.94. The van der Waals surface area contributed by atoms with Gasteiger partial charge >= 0.3 is 0 Å². The van der Waals surface area contributed by atoms with Crippen molar-refractivity contribution in [3.05, 3.63) is 77.6 Å².